The zero-order chi connectivity index (χ0) is 13.8. The number of hydrogen-bond acceptors (Lipinski definition) is 5. The second-order valence-corrected chi connectivity index (χ2v) is 5.37. The normalized spacial score (nSPS) is 10.7. The molecule has 2 rings (SSSR count). The molecule has 0 atom stereocenters. The van der Waals surface area contributed by atoms with Crippen LogP contribution < -0.4 is 4.90 Å². The van der Waals surface area contributed by atoms with Gasteiger partial charge in [-0.3, -0.25) is 0 Å². The molecule has 6 heteroatoms. The summed E-state index contributed by atoms with van der Waals surface area (Å²) in [4.78, 5) is 22.4. The monoisotopic (exact) mass is 277 g/mol. The summed E-state index contributed by atoms with van der Waals surface area (Å²) in [5.41, 5.74) is -0.00671. The number of aromatic nitrogens is 2. The van der Waals surface area contributed by atoms with E-state index in [1.165, 1.54) is 12.4 Å². The van der Waals surface area contributed by atoms with Crippen molar-refractivity contribution in [1.82, 2.24) is 9.97 Å². The Morgan fingerprint density at radius 1 is 1.42 bits per heavy atom. The number of carbonyl (C=O) groups is 1. The number of carboxylic acids is 1. The fourth-order valence-corrected chi connectivity index (χ4v) is 2.47. The maximum Gasteiger partial charge on any atom is 0.358 e. The van der Waals surface area contributed by atoms with Crippen molar-refractivity contribution in [3.63, 3.8) is 0 Å². The Bertz CT molecular complexity index is 555. The van der Waals surface area contributed by atoms with Gasteiger partial charge < -0.3 is 10.0 Å². The van der Waals surface area contributed by atoms with Crippen LogP contribution in [-0.2, 0) is 6.54 Å². The van der Waals surface area contributed by atoms with E-state index in [1.807, 2.05) is 36.3 Å². The molecule has 2 heterocycles. The predicted molar refractivity (Wildman–Crippen MR) is 74.6 cm³/mol. The average Bonchev–Trinajstić information content (AvgIpc) is 2.88. The van der Waals surface area contributed by atoms with Crippen LogP contribution in [0, 0.1) is 0 Å². The van der Waals surface area contributed by atoms with E-state index in [1.54, 1.807) is 11.3 Å². The minimum atomic E-state index is -1.06. The lowest BCUT2D eigenvalue weighted by Gasteiger charge is -2.27. The van der Waals surface area contributed by atoms with Crippen LogP contribution in [0.15, 0.2) is 29.9 Å². The van der Waals surface area contributed by atoms with Crippen LogP contribution in [0.5, 0.6) is 0 Å². The molecule has 1 N–H and O–H groups in total. The van der Waals surface area contributed by atoms with Crippen LogP contribution in [0.2, 0.25) is 0 Å². The lowest BCUT2D eigenvalue weighted by Crippen LogP contribution is -2.32. The maximum atomic E-state index is 11.2. The Labute approximate surface area is 115 Å². The third-order valence-corrected chi connectivity index (χ3v) is 3.54. The van der Waals surface area contributed by atoms with E-state index >= 15 is 0 Å². The van der Waals surface area contributed by atoms with Crippen molar-refractivity contribution in [2.24, 2.45) is 0 Å². The van der Waals surface area contributed by atoms with Gasteiger partial charge in [-0.25, -0.2) is 14.8 Å². The number of carboxylic acid groups (broad SMARTS) is 1. The Hall–Kier alpha value is -1.95. The Kier molecular flexibility index (Phi) is 4.11. The summed E-state index contributed by atoms with van der Waals surface area (Å²) in [6.45, 7) is 4.65. The van der Waals surface area contributed by atoms with Crippen LogP contribution in [-0.4, -0.2) is 27.1 Å². The summed E-state index contributed by atoms with van der Waals surface area (Å²) < 4.78 is 0. The number of thiophene rings is 1. The van der Waals surface area contributed by atoms with E-state index in [9.17, 15) is 9.90 Å². The van der Waals surface area contributed by atoms with Gasteiger partial charge >= 0.3 is 5.97 Å². The molecule has 0 amide bonds. The molecule has 0 bridgehead atoms. The second kappa shape index (κ2) is 5.79. The summed E-state index contributed by atoms with van der Waals surface area (Å²) in [7, 11) is 0. The number of nitrogens with zero attached hydrogens (tertiary/aromatic N) is 3. The van der Waals surface area contributed by atoms with Crippen molar-refractivity contribution < 1.29 is 9.90 Å². The SMILES string of the molecule is CC(C)N(Cc1cccs1)c1nccnc1C(=O)O. The minimum absolute atomic E-state index is 0.00671. The molecular formula is C13H15N3O2S. The molecule has 2 aromatic rings. The van der Waals surface area contributed by atoms with Gasteiger partial charge in [0.15, 0.2) is 11.5 Å². The molecule has 0 saturated carbocycles. The third kappa shape index (κ3) is 3.08. The maximum absolute atomic E-state index is 11.2. The minimum Gasteiger partial charge on any atom is -0.476 e. The smallest absolute Gasteiger partial charge is 0.358 e. The number of hydrogen-bond donors (Lipinski definition) is 1. The van der Waals surface area contributed by atoms with E-state index in [2.05, 4.69) is 9.97 Å². The van der Waals surface area contributed by atoms with Crippen LogP contribution in [0.4, 0.5) is 5.82 Å². The van der Waals surface area contributed by atoms with Crippen LogP contribution in [0.25, 0.3) is 0 Å². The average molecular weight is 277 g/mol. The van der Waals surface area contributed by atoms with Crippen LogP contribution >= 0.6 is 11.3 Å². The zero-order valence-corrected chi connectivity index (χ0v) is 11.6. The highest BCUT2D eigenvalue weighted by atomic mass is 32.1. The number of rotatable bonds is 5. The van der Waals surface area contributed by atoms with Gasteiger partial charge in [0.25, 0.3) is 0 Å². The molecule has 0 aliphatic rings. The molecule has 0 aliphatic carbocycles. The summed E-state index contributed by atoms with van der Waals surface area (Å²) in [6.07, 6.45) is 2.92. The molecule has 0 fully saturated rings. The topological polar surface area (TPSA) is 66.3 Å². The van der Waals surface area contributed by atoms with Gasteiger partial charge in [-0.2, -0.15) is 0 Å². The second-order valence-electron chi connectivity index (χ2n) is 4.33. The lowest BCUT2D eigenvalue weighted by molar-refractivity contribution is 0.0690. The van der Waals surface area contributed by atoms with E-state index in [0.717, 1.165) is 4.88 Å². The molecule has 0 spiro atoms. The molecule has 5 nitrogen and oxygen atoms in total. The molecule has 100 valence electrons. The first-order valence-electron chi connectivity index (χ1n) is 5.93. The van der Waals surface area contributed by atoms with Crippen LogP contribution in [0.3, 0.4) is 0 Å². The number of anilines is 1. The molecular weight excluding hydrogens is 262 g/mol. The zero-order valence-electron chi connectivity index (χ0n) is 10.8. The first-order valence-corrected chi connectivity index (χ1v) is 6.81. The quantitative estimate of drug-likeness (QED) is 0.910. The van der Waals surface area contributed by atoms with Gasteiger partial charge in [-0.15, -0.1) is 11.3 Å². The summed E-state index contributed by atoms with van der Waals surface area (Å²) in [6, 6.07) is 4.14. The highest BCUT2D eigenvalue weighted by Gasteiger charge is 2.21. The molecule has 0 radical (unpaired) electrons. The number of aromatic carboxylic acids is 1. The predicted octanol–water partition coefficient (Wildman–Crippen LogP) is 2.65. The van der Waals surface area contributed by atoms with Crippen molar-refractivity contribution in [2.75, 3.05) is 4.90 Å². The fourth-order valence-electron chi connectivity index (χ4n) is 1.76. The Morgan fingerprint density at radius 3 is 2.74 bits per heavy atom. The largest absolute Gasteiger partial charge is 0.476 e. The fraction of sp³-hybridized carbons (Fsp3) is 0.308. The van der Waals surface area contributed by atoms with E-state index < -0.39 is 5.97 Å². The third-order valence-electron chi connectivity index (χ3n) is 2.68. The molecule has 0 saturated heterocycles. The van der Waals surface area contributed by atoms with Gasteiger partial charge in [-0.1, -0.05) is 6.07 Å². The summed E-state index contributed by atoms with van der Waals surface area (Å²) >= 11 is 1.64. The summed E-state index contributed by atoms with van der Waals surface area (Å²) in [5.74, 6) is -0.640. The van der Waals surface area contributed by atoms with Crippen molar-refractivity contribution in [1.29, 1.82) is 0 Å². The lowest BCUT2D eigenvalue weighted by atomic mass is 10.2. The van der Waals surface area contributed by atoms with E-state index in [4.69, 9.17) is 0 Å². The van der Waals surface area contributed by atoms with Crippen molar-refractivity contribution >= 4 is 23.1 Å². The summed E-state index contributed by atoms with van der Waals surface area (Å²) in [5, 5.41) is 11.2. The van der Waals surface area contributed by atoms with Gasteiger partial charge in [0.05, 0.1) is 6.54 Å². The highest BCUT2D eigenvalue weighted by Crippen LogP contribution is 2.22. The first kappa shape index (κ1) is 13.5. The molecule has 0 unspecified atom stereocenters. The van der Waals surface area contributed by atoms with Gasteiger partial charge in [0.2, 0.25) is 0 Å². The first-order chi connectivity index (χ1) is 9.09. The van der Waals surface area contributed by atoms with Crippen molar-refractivity contribution in [3.8, 4) is 0 Å². The van der Waals surface area contributed by atoms with Crippen molar-refractivity contribution in [3.05, 3.63) is 40.5 Å². The molecule has 0 aromatic carbocycles. The van der Waals surface area contributed by atoms with Crippen molar-refractivity contribution in [2.45, 2.75) is 26.4 Å². The Morgan fingerprint density at radius 2 is 2.16 bits per heavy atom. The van der Waals surface area contributed by atoms with Gasteiger partial charge in [0, 0.05) is 23.3 Å². The molecule has 19 heavy (non-hydrogen) atoms. The van der Waals surface area contributed by atoms with E-state index in [-0.39, 0.29) is 11.7 Å². The van der Waals surface area contributed by atoms with Gasteiger partial charge in [0.1, 0.15) is 0 Å². The molecule has 2 aromatic heterocycles. The Balaban J connectivity index is 2.36. The molecule has 0 aliphatic heterocycles. The van der Waals surface area contributed by atoms with E-state index in [0.29, 0.717) is 12.4 Å². The van der Waals surface area contributed by atoms with Gasteiger partial charge in [-0.05, 0) is 25.3 Å². The highest BCUT2D eigenvalue weighted by molar-refractivity contribution is 7.09. The standard InChI is InChI=1S/C13H15N3O2S/c1-9(2)16(8-10-4-3-7-19-10)12-11(13(17)18)14-5-6-15-12/h3-7,9H,8H2,1-2H3,(H,17,18). The van der Waals surface area contributed by atoms with Crippen LogP contribution in [0.1, 0.15) is 29.2 Å².